The van der Waals surface area contributed by atoms with Gasteiger partial charge in [0.1, 0.15) is 0 Å². The fourth-order valence-electron chi connectivity index (χ4n) is 2.47. The van der Waals surface area contributed by atoms with Gasteiger partial charge in [-0.05, 0) is 35.2 Å². The Kier molecular flexibility index (Phi) is 3.24. The molecule has 0 fully saturated rings. The van der Waals surface area contributed by atoms with E-state index in [-0.39, 0.29) is 5.92 Å². The summed E-state index contributed by atoms with van der Waals surface area (Å²) in [6.07, 6.45) is -4.29. The number of fused-ring (bicyclic) bond motifs is 1. The van der Waals surface area contributed by atoms with Gasteiger partial charge >= 0.3 is 6.18 Å². The number of halogens is 3. The number of hydrogen-bond donors (Lipinski definition) is 1. The van der Waals surface area contributed by atoms with Crippen molar-refractivity contribution < 1.29 is 13.2 Å². The summed E-state index contributed by atoms with van der Waals surface area (Å²) in [4.78, 5) is 3.32. The van der Waals surface area contributed by atoms with Crippen LogP contribution in [-0.2, 0) is 6.18 Å². The summed E-state index contributed by atoms with van der Waals surface area (Å²) in [6.45, 7) is 1.98. The number of nitrogens with one attached hydrogen (secondary N) is 1. The zero-order valence-electron chi connectivity index (χ0n) is 11.4. The lowest BCUT2D eigenvalue weighted by Crippen LogP contribution is -2.05. The Morgan fingerprint density at radius 2 is 1.62 bits per heavy atom. The van der Waals surface area contributed by atoms with Crippen LogP contribution in [0.2, 0.25) is 0 Å². The number of aromatic amines is 1. The molecule has 1 nitrogen and oxygen atoms in total. The molecular weight excluding hydrogens is 275 g/mol. The monoisotopic (exact) mass is 289 g/mol. The first-order chi connectivity index (χ1) is 9.95. The molecule has 1 N–H and O–H groups in total. The molecule has 3 aromatic rings. The van der Waals surface area contributed by atoms with Crippen LogP contribution in [0.3, 0.4) is 0 Å². The van der Waals surface area contributed by atoms with Crippen molar-refractivity contribution in [2.75, 3.05) is 0 Å². The van der Waals surface area contributed by atoms with E-state index in [1.807, 2.05) is 37.3 Å². The van der Waals surface area contributed by atoms with Gasteiger partial charge in [-0.1, -0.05) is 37.3 Å². The van der Waals surface area contributed by atoms with E-state index >= 15 is 0 Å². The smallest absolute Gasteiger partial charge is 0.358 e. The number of alkyl halides is 3. The third kappa shape index (κ3) is 2.66. The van der Waals surface area contributed by atoms with Crippen LogP contribution in [0, 0.1) is 0 Å². The van der Waals surface area contributed by atoms with E-state index in [9.17, 15) is 13.2 Å². The van der Waals surface area contributed by atoms with Crippen LogP contribution in [0.5, 0.6) is 0 Å². The first-order valence-electron chi connectivity index (χ1n) is 6.70. The van der Waals surface area contributed by atoms with Crippen LogP contribution in [-0.4, -0.2) is 4.98 Å². The number of hydrogen-bond acceptors (Lipinski definition) is 0. The molecule has 0 saturated heterocycles. The summed E-state index contributed by atoms with van der Waals surface area (Å²) in [5.41, 5.74) is 2.27. The largest absolute Gasteiger partial charge is 0.416 e. The molecule has 0 amide bonds. The highest BCUT2D eigenvalue weighted by atomic mass is 19.4. The minimum atomic E-state index is -4.29. The molecule has 108 valence electrons. The molecule has 0 saturated carbocycles. The Morgan fingerprint density at radius 3 is 2.24 bits per heavy atom. The Labute approximate surface area is 120 Å². The quantitative estimate of drug-likeness (QED) is 0.655. The fourth-order valence-corrected chi connectivity index (χ4v) is 2.47. The van der Waals surface area contributed by atoms with E-state index in [1.165, 1.54) is 0 Å². The summed E-state index contributed by atoms with van der Waals surface area (Å²) in [6, 6.07) is 15.3. The number of aromatic nitrogens is 1. The van der Waals surface area contributed by atoms with Crippen molar-refractivity contribution in [3.05, 3.63) is 71.4 Å². The summed E-state index contributed by atoms with van der Waals surface area (Å²) < 4.78 is 37.7. The summed E-state index contributed by atoms with van der Waals surface area (Å²) >= 11 is 0. The predicted molar refractivity (Wildman–Crippen MR) is 77.3 cm³/mol. The van der Waals surface area contributed by atoms with Crippen LogP contribution in [0.1, 0.15) is 29.7 Å². The van der Waals surface area contributed by atoms with Gasteiger partial charge in [0.25, 0.3) is 0 Å². The van der Waals surface area contributed by atoms with Crippen molar-refractivity contribution in [1.29, 1.82) is 0 Å². The van der Waals surface area contributed by atoms with E-state index in [0.29, 0.717) is 0 Å². The summed E-state index contributed by atoms with van der Waals surface area (Å²) in [5, 5.41) is 1.10. The van der Waals surface area contributed by atoms with Gasteiger partial charge in [-0.15, -0.1) is 0 Å². The van der Waals surface area contributed by atoms with Gasteiger partial charge in [-0.25, -0.2) is 0 Å². The predicted octanol–water partition coefficient (Wildman–Crippen LogP) is 5.34. The molecule has 21 heavy (non-hydrogen) atoms. The fraction of sp³-hybridized carbons (Fsp3) is 0.176. The first-order valence-corrected chi connectivity index (χ1v) is 6.70. The summed E-state index contributed by atoms with van der Waals surface area (Å²) in [5.74, 6) is 0.0136. The molecule has 3 rings (SSSR count). The Balaban J connectivity index is 1.92. The number of rotatable bonds is 2. The average Bonchev–Trinajstić information content (AvgIpc) is 2.89. The SMILES string of the molecule is CC(c1ccc(C(F)(F)F)cc1)c1cc2ccccc2[nH]1. The number of para-hydroxylation sites is 1. The van der Waals surface area contributed by atoms with Crippen molar-refractivity contribution in [3.8, 4) is 0 Å². The normalized spacial score (nSPS) is 13.5. The average molecular weight is 289 g/mol. The molecule has 1 heterocycles. The topological polar surface area (TPSA) is 15.8 Å². The maximum absolute atomic E-state index is 12.6. The van der Waals surface area contributed by atoms with E-state index in [2.05, 4.69) is 4.98 Å². The van der Waals surface area contributed by atoms with Crippen molar-refractivity contribution >= 4 is 10.9 Å². The Hall–Kier alpha value is -2.23. The van der Waals surface area contributed by atoms with E-state index in [4.69, 9.17) is 0 Å². The second kappa shape index (κ2) is 4.95. The molecule has 1 atom stereocenters. The van der Waals surface area contributed by atoms with Crippen LogP contribution in [0.15, 0.2) is 54.6 Å². The molecule has 1 aromatic heterocycles. The molecule has 0 radical (unpaired) electrons. The molecule has 2 aromatic carbocycles. The lowest BCUT2D eigenvalue weighted by molar-refractivity contribution is -0.137. The van der Waals surface area contributed by atoms with Crippen LogP contribution in [0.25, 0.3) is 10.9 Å². The molecule has 4 heteroatoms. The lowest BCUT2D eigenvalue weighted by Gasteiger charge is -2.12. The van der Waals surface area contributed by atoms with Gasteiger partial charge in [0.15, 0.2) is 0 Å². The van der Waals surface area contributed by atoms with Gasteiger partial charge in [-0.2, -0.15) is 13.2 Å². The highest BCUT2D eigenvalue weighted by Crippen LogP contribution is 2.32. The molecule has 0 aliphatic heterocycles. The second-order valence-corrected chi connectivity index (χ2v) is 5.15. The van der Waals surface area contributed by atoms with Gasteiger partial charge in [-0.3, -0.25) is 0 Å². The maximum atomic E-state index is 12.6. The first kappa shape index (κ1) is 13.7. The van der Waals surface area contributed by atoms with Crippen molar-refractivity contribution in [2.45, 2.75) is 19.0 Å². The number of benzene rings is 2. The summed E-state index contributed by atoms with van der Waals surface area (Å²) in [7, 11) is 0. The highest BCUT2D eigenvalue weighted by Gasteiger charge is 2.30. The van der Waals surface area contributed by atoms with Crippen molar-refractivity contribution in [3.63, 3.8) is 0 Å². The number of H-pyrrole nitrogens is 1. The van der Waals surface area contributed by atoms with Gasteiger partial charge in [0.2, 0.25) is 0 Å². The third-order valence-corrected chi connectivity index (χ3v) is 3.76. The highest BCUT2D eigenvalue weighted by molar-refractivity contribution is 5.80. The van der Waals surface area contributed by atoms with Gasteiger partial charge in [0, 0.05) is 17.1 Å². The van der Waals surface area contributed by atoms with E-state index in [1.54, 1.807) is 12.1 Å². The standard InChI is InChI=1S/C17H14F3N/c1-11(12-6-8-14(9-7-12)17(18,19)20)16-10-13-4-2-3-5-15(13)21-16/h2-11,21H,1H3. The lowest BCUT2D eigenvalue weighted by atomic mass is 9.96. The molecule has 0 aliphatic rings. The van der Waals surface area contributed by atoms with Crippen LogP contribution in [0.4, 0.5) is 13.2 Å². The Bertz CT molecular complexity index is 721. The van der Waals surface area contributed by atoms with Crippen LogP contribution >= 0.6 is 0 Å². The van der Waals surface area contributed by atoms with Crippen LogP contribution < -0.4 is 0 Å². The molecular formula is C17H14F3N. The van der Waals surface area contributed by atoms with Crippen molar-refractivity contribution in [2.24, 2.45) is 0 Å². The minimum Gasteiger partial charge on any atom is -0.358 e. The van der Waals surface area contributed by atoms with Gasteiger partial charge in [0.05, 0.1) is 5.56 Å². The second-order valence-electron chi connectivity index (χ2n) is 5.15. The molecule has 0 spiro atoms. The van der Waals surface area contributed by atoms with E-state index < -0.39 is 11.7 Å². The zero-order chi connectivity index (χ0) is 15.0. The van der Waals surface area contributed by atoms with Crippen molar-refractivity contribution in [1.82, 2.24) is 4.98 Å². The third-order valence-electron chi connectivity index (χ3n) is 3.76. The molecule has 0 bridgehead atoms. The zero-order valence-corrected chi connectivity index (χ0v) is 11.4. The van der Waals surface area contributed by atoms with E-state index in [0.717, 1.165) is 34.3 Å². The molecule has 1 unspecified atom stereocenters. The maximum Gasteiger partial charge on any atom is 0.416 e. The Morgan fingerprint density at radius 1 is 0.952 bits per heavy atom. The minimum absolute atomic E-state index is 0.0136. The van der Waals surface area contributed by atoms with Gasteiger partial charge < -0.3 is 4.98 Å². The molecule has 0 aliphatic carbocycles.